The molecule has 133 heavy (non-hydrogen) atoms. The third kappa shape index (κ3) is 16.3. The first-order chi connectivity index (χ1) is 62.2. The van der Waals surface area contributed by atoms with Gasteiger partial charge in [-0.2, -0.15) is 69.4 Å². The van der Waals surface area contributed by atoms with Gasteiger partial charge in [-0.05, 0) is 124 Å². The zero-order valence-corrected chi connectivity index (χ0v) is 86.7. The standard InChI is InChI=1S/C42H42N4.C36H32N4O2.C36H32N4S2.2Pt.Zn/c1-39(2)29-17-15-19-31(25-29)41(5,6)38-44-36(28-46(38)34-23-13-10-14-24-34)40(3,4)30-18-16-20-32(26-30)42(7,8)37-43-35(39)27-45(37)33-21-11-9-12-22-33;2*1-35(2)27-19-11-17-25(31(27)41)34-38-30(22-40(34)24-15-9-6-10-16-24)36(3,4)28-20-12-18-26(32(28)42)33-37-29(35)21-39(33)23-13-7-5-8-14-23;;;/h9-24,27-28H,1-8H3;2*5-22,41-42H,1-4H3;;;/q-2;;;2*+2;/p-2. The maximum atomic E-state index is 11.9. The molecule has 12 aromatic carbocycles. The van der Waals surface area contributed by atoms with E-state index in [1.165, 1.54) is 0 Å². The Hall–Kier alpha value is -12.1. The van der Waals surface area contributed by atoms with Gasteiger partial charge in [-0.25, -0.2) is 29.9 Å². The van der Waals surface area contributed by atoms with Crippen LogP contribution in [0.3, 0.4) is 0 Å². The Morgan fingerprint density at radius 1 is 0.226 bits per heavy atom. The number of para-hydroxylation sites is 8. The van der Waals surface area contributed by atoms with Crippen LogP contribution in [0.2, 0.25) is 0 Å². The van der Waals surface area contributed by atoms with Crippen LogP contribution in [-0.4, -0.2) is 67.5 Å². The van der Waals surface area contributed by atoms with Gasteiger partial charge in [-0.1, -0.05) is 264 Å². The second kappa shape index (κ2) is 35.7. The normalized spacial score (nSPS) is 15.3. The molecule has 0 radical (unpaired) electrons. The SMILES string of the molecule is CC1(C)c2[c-]c(ccc2)C(C)(C)c2nc(cn2-c2ccccc2)C(C)(C)c2[c-]c(ccc2)C(C)(C)c2nc1cn2-c1ccccc1.CC1(C)c2cn(-c3ccccc3)c(n2)-c2cccc(c2O)C(C)(C)c2cn(-c3ccccc3)c(n2)-c2cccc1c2O.CC1(C)c2cn(-c3ccccc3)c(n2)-c2cccc(c2[S-])C(C)(C)c2cn(-c3ccccc3)c(n2)-c2cccc1c2[S-].[Pt+2].[Pt+2].[Zn]. The number of aromatic hydroxyl groups is 2. The molecule has 0 spiro atoms. The van der Waals surface area contributed by atoms with E-state index in [0.717, 1.165) is 157 Å². The second-order valence-corrected chi connectivity index (χ2v) is 39.5. The van der Waals surface area contributed by atoms with Crippen LogP contribution in [0.4, 0.5) is 0 Å². The Morgan fingerprint density at radius 2 is 0.429 bits per heavy atom. The van der Waals surface area contributed by atoms with Gasteiger partial charge in [0.25, 0.3) is 0 Å². The molecule has 666 valence electrons. The van der Waals surface area contributed by atoms with E-state index in [1.807, 2.05) is 155 Å². The van der Waals surface area contributed by atoms with Gasteiger partial charge in [0.2, 0.25) is 0 Å². The van der Waals surface area contributed by atoms with E-state index in [-0.39, 0.29) is 73.1 Å². The minimum atomic E-state index is -0.682. The molecule has 19 heteroatoms. The molecule has 0 saturated heterocycles. The van der Waals surface area contributed by atoms with Crippen LogP contribution in [0.5, 0.6) is 11.5 Å². The van der Waals surface area contributed by atoms with E-state index in [4.69, 9.17) is 55.2 Å². The van der Waals surface area contributed by atoms with E-state index in [1.54, 1.807) is 0 Å². The first-order valence-corrected chi connectivity index (χ1v) is 45.2. The van der Waals surface area contributed by atoms with E-state index < -0.39 is 43.3 Å². The molecule has 14 nitrogen and oxygen atoms in total. The Morgan fingerprint density at radius 3 is 0.699 bits per heavy atom. The Labute approximate surface area is 833 Å². The molecule has 21 rings (SSSR count). The summed E-state index contributed by atoms with van der Waals surface area (Å²) in [5.41, 5.74) is 18.4. The van der Waals surface area contributed by atoms with Gasteiger partial charge in [0.05, 0.1) is 45.3 Å². The topological polar surface area (TPSA) is 147 Å². The molecular weight excluding hydrogens is 2090 g/mol. The Bertz CT molecular complexity index is 6630. The molecule has 3 aliphatic rings. The fraction of sp³-hybridized carbons (Fsp3) is 0.211. The molecule has 18 aromatic rings. The predicted octanol–water partition coefficient (Wildman–Crippen LogP) is 25.2. The molecule has 0 amide bonds. The third-order valence-electron chi connectivity index (χ3n) is 27.4. The van der Waals surface area contributed by atoms with Crippen molar-refractivity contribution >= 4 is 25.3 Å². The summed E-state index contributed by atoms with van der Waals surface area (Å²) >= 11 is 12.5. The number of imidazole rings is 6. The summed E-state index contributed by atoms with van der Waals surface area (Å²) in [6, 6.07) is 107. The zero-order valence-electron chi connectivity index (χ0n) is 77.6. The number of rotatable bonds is 6. The average molecular weight is 2190 g/mol. The fourth-order valence-electron chi connectivity index (χ4n) is 18.8. The van der Waals surface area contributed by atoms with Crippen LogP contribution in [-0.2, 0) is 130 Å². The van der Waals surface area contributed by atoms with Crippen LogP contribution in [0.1, 0.15) is 201 Å². The third-order valence-corrected chi connectivity index (χ3v) is 28.3. The number of phenolic OH excluding ortho intramolecular Hbond substituents is 2. The van der Waals surface area contributed by atoms with Crippen LogP contribution >= 0.6 is 0 Å². The summed E-state index contributed by atoms with van der Waals surface area (Å²) in [6.45, 7) is 35.1. The molecule has 24 bridgehead atoms. The molecule has 0 fully saturated rings. The van der Waals surface area contributed by atoms with E-state index >= 15 is 0 Å². The molecule has 0 saturated carbocycles. The van der Waals surface area contributed by atoms with Crippen LogP contribution in [0, 0.1) is 12.1 Å². The predicted molar refractivity (Wildman–Crippen MR) is 525 cm³/mol. The largest absolute Gasteiger partial charge is 2.00 e. The zero-order chi connectivity index (χ0) is 90.9. The van der Waals surface area contributed by atoms with Crippen molar-refractivity contribution in [1.82, 2.24) is 57.3 Å². The van der Waals surface area contributed by atoms with E-state index in [2.05, 4.69) is 324 Å². The smallest absolute Gasteiger partial charge is 0.779 e. The quantitative estimate of drug-likeness (QED) is 0.0937. The maximum absolute atomic E-state index is 11.9. The molecule has 2 N–H and O–H groups in total. The Balaban J connectivity index is 0.000000144. The van der Waals surface area contributed by atoms with Crippen molar-refractivity contribution in [3.63, 3.8) is 0 Å². The second-order valence-electron chi connectivity index (χ2n) is 38.7. The Kier molecular flexibility index (Phi) is 25.3. The van der Waals surface area contributed by atoms with Gasteiger partial charge in [0, 0.05) is 145 Å². The summed E-state index contributed by atoms with van der Waals surface area (Å²) < 4.78 is 12.9. The van der Waals surface area contributed by atoms with Gasteiger partial charge < -0.3 is 44.6 Å². The van der Waals surface area contributed by atoms with Crippen molar-refractivity contribution in [3.05, 3.63) is 431 Å². The van der Waals surface area contributed by atoms with Gasteiger partial charge in [-0.15, -0.1) is 11.1 Å². The molecule has 0 atom stereocenters. The van der Waals surface area contributed by atoms with Crippen LogP contribution in [0.25, 0.3) is 79.7 Å². The van der Waals surface area contributed by atoms with Gasteiger partial charge >= 0.3 is 42.1 Å². The van der Waals surface area contributed by atoms with Crippen molar-refractivity contribution < 1.29 is 71.8 Å². The monoisotopic (exact) mass is 2190 g/mol. The molecule has 0 aliphatic carbocycles. The number of fused-ring (bicyclic) bond motifs is 28. The molecule has 6 aromatic heterocycles. The first-order valence-electron chi connectivity index (χ1n) is 44.4. The molecular formula is C114H104N12O2Pt2S2Zn. The number of nitrogens with zero attached hydrogens (tertiary/aromatic N) is 12. The van der Waals surface area contributed by atoms with Gasteiger partial charge in [-0.3, -0.25) is 18.3 Å². The number of hydrogen-bond acceptors (Lipinski definition) is 10. The average Bonchev–Trinajstić information content (AvgIpc) is 1.60. The number of benzene rings is 12. The van der Waals surface area contributed by atoms with E-state index in [9.17, 15) is 10.2 Å². The van der Waals surface area contributed by atoms with Gasteiger partial charge in [0.1, 0.15) is 46.4 Å². The van der Waals surface area contributed by atoms with Crippen molar-refractivity contribution in [2.45, 2.75) is 164 Å². The van der Waals surface area contributed by atoms with Crippen molar-refractivity contribution in [2.24, 2.45) is 0 Å². The fourth-order valence-corrected chi connectivity index (χ4v) is 19.7. The summed E-state index contributed by atoms with van der Waals surface area (Å²) in [5, 5.41) is 23.9. The minimum Gasteiger partial charge on any atom is -0.779 e. The van der Waals surface area contributed by atoms with E-state index in [0.29, 0.717) is 22.8 Å². The molecule has 9 heterocycles. The summed E-state index contributed by atoms with van der Waals surface area (Å²) in [7, 11) is 0. The number of hydrogen-bond donors (Lipinski definition) is 2. The number of phenols is 2. The van der Waals surface area contributed by atoms with Crippen molar-refractivity contribution in [2.75, 3.05) is 0 Å². The summed E-state index contributed by atoms with van der Waals surface area (Å²) in [6.07, 6.45) is 12.7. The molecule has 3 aliphatic heterocycles. The van der Waals surface area contributed by atoms with Crippen LogP contribution in [0.15, 0.2) is 338 Å². The first kappa shape index (κ1) is 94.1. The van der Waals surface area contributed by atoms with Gasteiger partial charge in [0.15, 0.2) is 0 Å². The van der Waals surface area contributed by atoms with Crippen molar-refractivity contribution in [1.29, 1.82) is 0 Å². The van der Waals surface area contributed by atoms with Crippen molar-refractivity contribution in [3.8, 4) is 91.2 Å². The summed E-state index contributed by atoms with van der Waals surface area (Å²) in [4.78, 5) is 33.5. The minimum absolute atomic E-state index is 0. The molecule has 0 unspecified atom stereocenters. The van der Waals surface area contributed by atoms with Crippen LogP contribution < -0.4 is 0 Å². The summed E-state index contributed by atoms with van der Waals surface area (Å²) in [5.74, 6) is 5.19. The number of aromatic nitrogens is 12. The maximum Gasteiger partial charge on any atom is 2.00 e.